The summed E-state index contributed by atoms with van der Waals surface area (Å²) in [6.45, 7) is -0.290. The molecule has 0 spiro atoms. The van der Waals surface area contributed by atoms with Crippen LogP contribution in [0.3, 0.4) is 0 Å². The van der Waals surface area contributed by atoms with Crippen molar-refractivity contribution >= 4 is 0 Å². The molecule has 0 aliphatic carbocycles. The van der Waals surface area contributed by atoms with Gasteiger partial charge in [-0.3, -0.25) is 0 Å². The van der Waals surface area contributed by atoms with Crippen LogP contribution in [-0.4, -0.2) is 40.2 Å². The Hall–Kier alpha value is -0.940. The molecule has 0 aromatic heterocycles. The van der Waals surface area contributed by atoms with Gasteiger partial charge >= 0.3 is 0 Å². The molecule has 0 amide bonds. The first-order valence-corrected chi connectivity index (χ1v) is 5.39. The van der Waals surface area contributed by atoms with Crippen LogP contribution in [0, 0.1) is 0 Å². The molecule has 3 N–H and O–H groups in total. The Kier molecular flexibility index (Phi) is 3.56. The lowest BCUT2D eigenvalue weighted by Gasteiger charge is -2.36. The van der Waals surface area contributed by atoms with Gasteiger partial charge in [-0.25, -0.2) is 0 Å². The number of rotatable bonds is 2. The fraction of sp³-hybridized carbons (Fsp3) is 0.500. The molecule has 88 valence electrons. The molecule has 2 rings (SSSR count). The summed E-state index contributed by atoms with van der Waals surface area (Å²) in [5.74, 6) is 0. The maximum Gasteiger partial charge on any atom is 0.110 e. The molecule has 0 bridgehead atoms. The van der Waals surface area contributed by atoms with Crippen molar-refractivity contribution in [2.24, 2.45) is 0 Å². The SMILES string of the molecule is OCC1O[C@@H](c2ccccc2)C[C@@H](O)[C@@H]1O. The Morgan fingerprint density at radius 2 is 1.88 bits per heavy atom. The highest BCUT2D eigenvalue weighted by Crippen LogP contribution is 2.31. The van der Waals surface area contributed by atoms with Crippen molar-refractivity contribution in [2.45, 2.75) is 30.8 Å². The van der Waals surface area contributed by atoms with Crippen molar-refractivity contribution < 1.29 is 20.1 Å². The third kappa shape index (κ3) is 2.25. The molecule has 0 radical (unpaired) electrons. The maximum atomic E-state index is 9.67. The summed E-state index contributed by atoms with van der Waals surface area (Å²) >= 11 is 0. The van der Waals surface area contributed by atoms with E-state index in [1.54, 1.807) is 0 Å². The Morgan fingerprint density at radius 3 is 2.50 bits per heavy atom. The zero-order valence-electron chi connectivity index (χ0n) is 8.86. The highest BCUT2D eigenvalue weighted by Gasteiger charge is 2.36. The first-order chi connectivity index (χ1) is 7.72. The Labute approximate surface area is 94.1 Å². The maximum absolute atomic E-state index is 9.67. The summed E-state index contributed by atoms with van der Waals surface area (Å²) in [4.78, 5) is 0. The highest BCUT2D eigenvalue weighted by molar-refractivity contribution is 5.18. The largest absolute Gasteiger partial charge is 0.394 e. The van der Waals surface area contributed by atoms with E-state index in [9.17, 15) is 10.2 Å². The van der Waals surface area contributed by atoms with Gasteiger partial charge in [0, 0.05) is 6.42 Å². The van der Waals surface area contributed by atoms with Crippen LogP contribution in [0.1, 0.15) is 18.1 Å². The summed E-state index contributed by atoms with van der Waals surface area (Å²) < 4.78 is 5.54. The zero-order valence-corrected chi connectivity index (χ0v) is 8.86. The van der Waals surface area contributed by atoms with E-state index in [0.29, 0.717) is 6.42 Å². The molecule has 1 unspecified atom stereocenters. The third-order valence-corrected chi connectivity index (χ3v) is 2.92. The highest BCUT2D eigenvalue weighted by atomic mass is 16.5. The summed E-state index contributed by atoms with van der Waals surface area (Å²) in [5.41, 5.74) is 0.951. The van der Waals surface area contributed by atoms with Crippen LogP contribution in [0.4, 0.5) is 0 Å². The molecular formula is C12H16O4. The van der Waals surface area contributed by atoms with Crippen LogP contribution in [-0.2, 0) is 4.74 Å². The van der Waals surface area contributed by atoms with Crippen molar-refractivity contribution in [3.8, 4) is 0 Å². The predicted octanol–water partition coefficient (Wildman–Crippen LogP) is 0.231. The molecule has 1 aliphatic heterocycles. The smallest absolute Gasteiger partial charge is 0.110 e. The second kappa shape index (κ2) is 4.93. The van der Waals surface area contributed by atoms with Crippen LogP contribution in [0.2, 0.25) is 0 Å². The molecule has 0 saturated carbocycles. The van der Waals surface area contributed by atoms with E-state index in [-0.39, 0.29) is 12.7 Å². The van der Waals surface area contributed by atoms with E-state index in [1.165, 1.54) is 0 Å². The molecular weight excluding hydrogens is 208 g/mol. The van der Waals surface area contributed by atoms with E-state index in [0.717, 1.165) is 5.56 Å². The van der Waals surface area contributed by atoms with Crippen molar-refractivity contribution in [1.29, 1.82) is 0 Å². The average Bonchev–Trinajstić information content (AvgIpc) is 2.33. The van der Waals surface area contributed by atoms with Gasteiger partial charge in [0.1, 0.15) is 12.2 Å². The minimum Gasteiger partial charge on any atom is -0.394 e. The summed E-state index contributed by atoms with van der Waals surface area (Å²) in [6, 6.07) is 9.50. The summed E-state index contributed by atoms with van der Waals surface area (Å²) in [7, 11) is 0. The molecule has 4 nitrogen and oxygen atoms in total. The molecule has 1 saturated heterocycles. The topological polar surface area (TPSA) is 69.9 Å². The van der Waals surface area contributed by atoms with Gasteiger partial charge in [-0.1, -0.05) is 30.3 Å². The minimum absolute atomic E-state index is 0.267. The second-order valence-corrected chi connectivity index (χ2v) is 4.05. The molecule has 1 aliphatic rings. The molecule has 1 heterocycles. The molecule has 1 aromatic carbocycles. The van der Waals surface area contributed by atoms with Crippen molar-refractivity contribution in [1.82, 2.24) is 0 Å². The Morgan fingerprint density at radius 1 is 1.19 bits per heavy atom. The number of hydrogen-bond donors (Lipinski definition) is 3. The average molecular weight is 224 g/mol. The molecule has 4 atom stereocenters. The van der Waals surface area contributed by atoms with Crippen LogP contribution in [0.15, 0.2) is 30.3 Å². The van der Waals surface area contributed by atoms with Gasteiger partial charge in [0.05, 0.1) is 18.8 Å². The monoisotopic (exact) mass is 224 g/mol. The van der Waals surface area contributed by atoms with E-state index in [4.69, 9.17) is 9.84 Å². The Bertz CT molecular complexity index is 327. The summed E-state index contributed by atoms with van der Waals surface area (Å²) in [5, 5.41) is 28.3. The van der Waals surface area contributed by atoms with Gasteiger partial charge in [-0.05, 0) is 5.56 Å². The molecule has 16 heavy (non-hydrogen) atoms. The number of aliphatic hydroxyl groups is 3. The van der Waals surface area contributed by atoms with Crippen LogP contribution in [0.5, 0.6) is 0 Å². The van der Waals surface area contributed by atoms with Gasteiger partial charge in [-0.15, -0.1) is 0 Å². The first-order valence-electron chi connectivity index (χ1n) is 5.39. The lowest BCUT2D eigenvalue weighted by atomic mass is 9.94. The fourth-order valence-corrected chi connectivity index (χ4v) is 1.99. The van der Waals surface area contributed by atoms with E-state index in [2.05, 4.69) is 0 Å². The van der Waals surface area contributed by atoms with Gasteiger partial charge in [0.2, 0.25) is 0 Å². The van der Waals surface area contributed by atoms with Crippen LogP contribution >= 0.6 is 0 Å². The number of aliphatic hydroxyl groups excluding tert-OH is 3. The van der Waals surface area contributed by atoms with Gasteiger partial charge < -0.3 is 20.1 Å². The van der Waals surface area contributed by atoms with Crippen molar-refractivity contribution in [3.63, 3.8) is 0 Å². The zero-order chi connectivity index (χ0) is 11.5. The lowest BCUT2D eigenvalue weighted by molar-refractivity contribution is -0.181. The molecule has 1 aromatic rings. The fourth-order valence-electron chi connectivity index (χ4n) is 1.99. The summed E-state index contributed by atoms with van der Waals surface area (Å²) in [6.07, 6.45) is -2.49. The quantitative estimate of drug-likeness (QED) is 0.672. The second-order valence-electron chi connectivity index (χ2n) is 4.05. The standard InChI is InChI=1S/C12H16O4/c13-7-11-12(15)9(14)6-10(16-11)8-4-2-1-3-5-8/h1-5,9-15H,6-7H2/t9-,10-,11?,12+/m1/s1. The van der Waals surface area contributed by atoms with Crippen LogP contribution < -0.4 is 0 Å². The van der Waals surface area contributed by atoms with Crippen molar-refractivity contribution in [2.75, 3.05) is 6.61 Å². The minimum atomic E-state index is -1.01. The van der Waals surface area contributed by atoms with E-state index in [1.807, 2.05) is 30.3 Å². The predicted molar refractivity (Wildman–Crippen MR) is 57.8 cm³/mol. The number of ether oxygens (including phenoxy) is 1. The first kappa shape index (κ1) is 11.5. The van der Waals surface area contributed by atoms with E-state index >= 15 is 0 Å². The van der Waals surface area contributed by atoms with E-state index < -0.39 is 18.3 Å². The number of benzene rings is 1. The molecule has 4 heteroatoms. The van der Waals surface area contributed by atoms with Gasteiger partial charge in [0.15, 0.2) is 0 Å². The van der Waals surface area contributed by atoms with Gasteiger partial charge in [-0.2, -0.15) is 0 Å². The Balaban J connectivity index is 2.13. The third-order valence-electron chi connectivity index (χ3n) is 2.92. The van der Waals surface area contributed by atoms with Crippen molar-refractivity contribution in [3.05, 3.63) is 35.9 Å². The lowest BCUT2D eigenvalue weighted by Crippen LogP contribution is -2.47. The van der Waals surface area contributed by atoms with Crippen LogP contribution in [0.25, 0.3) is 0 Å². The number of hydrogen-bond acceptors (Lipinski definition) is 4. The normalized spacial score (nSPS) is 34.9. The van der Waals surface area contributed by atoms with Gasteiger partial charge in [0.25, 0.3) is 0 Å². The molecule has 1 fully saturated rings.